The van der Waals surface area contributed by atoms with Crippen LogP contribution in [0.15, 0.2) is 16.3 Å². The van der Waals surface area contributed by atoms with E-state index in [-0.39, 0.29) is 6.04 Å². The fraction of sp³-hybridized carbons (Fsp3) is 0.692. The monoisotopic (exact) mass is 317 g/mol. The minimum Gasteiger partial charge on any atom is -0.326 e. The van der Waals surface area contributed by atoms with Gasteiger partial charge in [-0.2, -0.15) is 4.31 Å². The Hall–Kier alpha value is -0.470. The fourth-order valence-corrected chi connectivity index (χ4v) is 5.12. The molecule has 1 aromatic rings. The van der Waals surface area contributed by atoms with Crippen molar-refractivity contribution >= 4 is 21.4 Å². The predicted molar refractivity (Wildman–Crippen MR) is 82.3 cm³/mol. The first kappa shape index (κ1) is 15.9. The van der Waals surface area contributed by atoms with Crippen molar-refractivity contribution in [2.24, 2.45) is 5.73 Å². The highest BCUT2D eigenvalue weighted by Crippen LogP contribution is 2.26. The van der Waals surface area contributed by atoms with Crippen LogP contribution in [0.25, 0.3) is 0 Å². The fourth-order valence-electron chi connectivity index (χ4n) is 2.56. The maximum absolute atomic E-state index is 12.6. The van der Waals surface area contributed by atoms with Crippen LogP contribution in [0.4, 0.5) is 0 Å². The highest BCUT2D eigenvalue weighted by molar-refractivity contribution is 7.89. The Bertz CT molecular complexity index is 534. The highest BCUT2D eigenvalue weighted by atomic mass is 32.2. The predicted octanol–water partition coefficient (Wildman–Crippen LogP) is 1.31. The molecule has 5 nitrogen and oxygen atoms in total. The lowest BCUT2D eigenvalue weighted by atomic mass is 10.1. The highest BCUT2D eigenvalue weighted by Gasteiger charge is 2.31. The van der Waals surface area contributed by atoms with E-state index in [1.807, 2.05) is 0 Å². The van der Waals surface area contributed by atoms with Gasteiger partial charge < -0.3 is 10.6 Å². The average Bonchev–Trinajstić information content (AvgIpc) is 2.96. The zero-order valence-corrected chi connectivity index (χ0v) is 13.7. The van der Waals surface area contributed by atoms with E-state index < -0.39 is 10.0 Å². The van der Waals surface area contributed by atoms with Crippen LogP contribution >= 0.6 is 11.3 Å². The first-order chi connectivity index (χ1) is 9.48. The number of nitrogens with two attached hydrogens (primary N) is 1. The minimum absolute atomic E-state index is 0.101. The molecule has 114 valence electrons. The van der Waals surface area contributed by atoms with Crippen LogP contribution in [0.1, 0.15) is 24.6 Å². The third-order valence-corrected chi connectivity index (χ3v) is 7.02. The number of hydrogen-bond acceptors (Lipinski definition) is 5. The van der Waals surface area contributed by atoms with Gasteiger partial charge in [-0.05, 0) is 38.5 Å². The molecule has 0 bridgehead atoms. The van der Waals surface area contributed by atoms with E-state index in [2.05, 4.69) is 11.8 Å². The Morgan fingerprint density at radius 2 is 2.10 bits per heavy atom. The van der Waals surface area contributed by atoms with Gasteiger partial charge in [0.25, 0.3) is 0 Å². The summed E-state index contributed by atoms with van der Waals surface area (Å²) >= 11 is 1.41. The van der Waals surface area contributed by atoms with Gasteiger partial charge in [0.15, 0.2) is 0 Å². The van der Waals surface area contributed by atoms with Crippen molar-refractivity contribution < 1.29 is 8.42 Å². The van der Waals surface area contributed by atoms with Gasteiger partial charge in [0.2, 0.25) is 10.0 Å². The van der Waals surface area contributed by atoms with Crippen molar-refractivity contribution in [3.63, 3.8) is 0 Å². The summed E-state index contributed by atoms with van der Waals surface area (Å²) in [6.45, 7) is 5.50. The topological polar surface area (TPSA) is 66.6 Å². The average molecular weight is 317 g/mol. The van der Waals surface area contributed by atoms with Gasteiger partial charge in [0.1, 0.15) is 0 Å². The van der Waals surface area contributed by atoms with Crippen LogP contribution in [-0.2, 0) is 16.6 Å². The van der Waals surface area contributed by atoms with Crippen LogP contribution in [-0.4, -0.2) is 50.3 Å². The Balaban J connectivity index is 2.09. The van der Waals surface area contributed by atoms with Crippen molar-refractivity contribution in [3.05, 3.63) is 16.3 Å². The molecule has 7 heteroatoms. The molecular formula is C13H23N3O2S2. The standard InChI is InChI=1S/C13H23N3O2S2/c1-3-16-6-4-11(5-7-16)15(2)20(17,18)13-8-12(9-14)19-10-13/h8,10-11H,3-7,9,14H2,1-2H3. The molecule has 0 saturated carbocycles. The van der Waals surface area contributed by atoms with Gasteiger partial charge in [0, 0.05) is 29.9 Å². The largest absolute Gasteiger partial charge is 0.326 e. The number of rotatable bonds is 5. The van der Waals surface area contributed by atoms with Crippen molar-refractivity contribution in [3.8, 4) is 0 Å². The summed E-state index contributed by atoms with van der Waals surface area (Å²) in [7, 11) is -1.69. The number of likely N-dealkylation sites (tertiary alicyclic amines) is 1. The van der Waals surface area contributed by atoms with E-state index in [0.717, 1.165) is 37.4 Å². The molecule has 0 amide bonds. The maximum atomic E-state index is 12.6. The first-order valence-corrected chi connectivity index (χ1v) is 9.29. The Morgan fingerprint density at radius 3 is 2.60 bits per heavy atom. The summed E-state index contributed by atoms with van der Waals surface area (Å²) in [5, 5.41) is 1.69. The van der Waals surface area contributed by atoms with Gasteiger partial charge >= 0.3 is 0 Å². The number of piperidine rings is 1. The number of hydrogen-bond donors (Lipinski definition) is 1. The summed E-state index contributed by atoms with van der Waals surface area (Å²) in [6, 6.07) is 1.79. The zero-order chi connectivity index (χ0) is 14.8. The molecule has 1 aliphatic rings. The van der Waals surface area contributed by atoms with Crippen molar-refractivity contribution in [2.45, 2.75) is 37.2 Å². The molecule has 0 aromatic carbocycles. The van der Waals surface area contributed by atoms with E-state index in [4.69, 9.17) is 5.73 Å². The lowest BCUT2D eigenvalue weighted by molar-refractivity contribution is 0.176. The van der Waals surface area contributed by atoms with Gasteiger partial charge in [-0.3, -0.25) is 0 Å². The summed E-state index contributed by atoms with van der Waals surface area (Å²) in [4.78, 5) is 3.63. The molecule has 2 N–H and O–H groups in total. The molecule has 0 spiro atoms. The van der Waals surface area contributed by atoms with Crippen molar-refractivity contribution in [2.75, 3.05) is 26.7 Å². The molecule has 1 fully saturated rings. The molecular weight excluding hydrogens is 294 g/mol. The minimum atomic E-state index is -3.38. The third kappa shape index (κ3) is 3.23. The van der Waals surface area contributed by atoms with Crippen LogP contribution < -0.4 is 5.73 Å². The second-order valence-electron chi connectivity index (χ2n) is 5.14. The molecule has 2 heterocycles. The molecule has 0 atom stereocenters. The summed E-state index contributed by atoms with van der Waals surface area (Å²) in [5.74, 6) is 0. The van der Waals surface area contributed by atoms with E-state index in [0.29, 0.717) is 11.4 Å². The third-order valence-electron chi connectivity index (χ3n) is 4.03. The lowest BCUT2D eigenvalue weighted by Gasteiger charge is -2.35. The van der Waals surface area contributed by atoms with Crippen LogP contribution in [0.5, 0.6) is 0 Å². The number of sulfonamides is 1. The SMILES string of the molecule is CCN1CCC(N(C)S(=O)(=O)c2csc(CN)c2)CC1. The Kier molecular flexibility index (Phi) is 5.19. The van der Waals surface area contributed by atoms with E-state index in [1.165, 1.54) is 11.3 Å². The molecule has 0 unspecified atom stereocenters. The molecule has 0 radical (unpaired) electrons. The second kappa shape index (κ2) is 6.53. The molecule has 2 rings (SSSR count). The molecule has 1 aliphatic heterocycles. The normalized spacial score (nSPS) is 18.8. The maximum Gasteiger partial charge on any atom is 0.243 e. The Labute approximate surface area is 125 Å². The van der Waals surface area contributed by atoms with Crippen molar-refractivity contribution in [1.29, 1.82) is 0 Å². The van der Waals surface area contributed by atoms with Crippen LogP contribution in [0, 0.1) is 0 Å². The molecule has 0 aliphatic carbocycles. The van der Waals surface area contributed by atoms with Crippen molar-refractivity contribution in [1.82, 2.24) is 9.21 Å². The summed E-state index contributed by atoms with van der Waals surface area (Å²) < 4.78 is 26.7. The van der Waals surface area contributed by atoms with Gasteiger partial charge in [-0.15, -0.1) is 11.3 Å². The van der Waals surface area contributed by atoms with Gasteiger partial charge in [-0.25, -0.2) is 8.42 Å². The lowest BCUT2D eigenvalue weighted by Crippen LogP contribution is -2.45. The van der Waals surface area contributed by atoms with E-state index in [1.54, 1.807) is 22.8 Å². The molecule has 20 heavy (non-hydrogen) atoms. The Morgan fingerprint density at radius 1 is 1.45 bits per heavy atom. The molecule has 1 aromatic heterocycles. The smallest absolute Gasteiger partial charge is 0.243 e. The van der Waals surface area contributed by atoms with Crippen LogP contribution in [0.3, 0.4) is 0 Å². The van der Waals surface area contributed by atoms with E-state index >= 15 is 0 Å². The summed E-state index contributed by atoms with van der Waals surface area (Å²) in [5.41, 5.74) is 5.55. The van der Waals surface area contributed by atoms with Gasteiger partial charge in [0.05, 0.1) is 4.90 Å². The van der Waals surface area contributed by atoms with Gasteiger partial charge in [-0.1, -0.05) is 6.92 Å². The zero-order valence-electron chi connectivity index (χ0n) is 12.1. The molecule has 1 saturated heterocycles. The number of thiophene rings is 1. The number of nitrogens with zero attached hydrogens (tertiary/aromatic N) is 2. The second-order valence-corrected chi connectivity index (χ2v) is 8.13. The van der Waals surface area contributed by atoms with Crippen LogP contribution in [0.2, 0.25) is 0 Å². The van der Waals surface area contributed by atoms with E-state index in [9.17, 15) is 8.42 Å². The first-order valence-electron chi connectivity index (χ1n) is 6.97. The summed E-state index contributed by atoms with van der Waals surface area (Å²) in [6.07, 6.45) is 1.80. The quantitative estimate of drug-likeness (QED) is 0.889.